The molecule has 2 heterocycles. The molecule has 0 unspecified atom stereocenters. The maximum atomic E-state index is 2.51. The second kappa shape index (κ2) is 11.0. The topological polar surface area (TPSA) is 7.65 Å². The third-order valence-corrected chi connectivity index (χ3v) is 13.3. The van der Waals surface area contributed by atoms with E-state index < -0.39 is 0 Å². The van der Waals surface area contributed by atoms with Crippen molar-refractivity contribution in [2.75, 3.05) is 4.90 Å². The van der Waals surface area contributed by atoms with Gasteiger partial charge in [-0.1, -0.05) is 155 Å². The predicted octanol–water partition coefficient (Wildman–Crippen LogP) is 14.6. The van der Waals surface area contributed by atoms with Gasteiger partial charge in [0, 0.05) is 43.7 Å². The normalized spacial score (nSPS) is 14.7. The molecule has 0 fully saturated rings. The Morgan fingerprint density at radius 1 is 0.411 bits per heavy atom. The van der Waals surface area contributed by atoms with E-state index in [4.69, 9.17) is 0 Å². The van der Waals surface area contributed by atoms with Gasteiger partial charge in [0.2, 0.25) is 0 Å². The molecular formula is C54H40N2. The van der Waals surface area contributed by atoms with Crippen molar-refractivity contribution in [2.24, 2.45) is 0 Å². The van der Waals surface area contributed by atoms with Gasteiger partial charge in [-0.2, -0.15) is 0 Å². The van der Waals surface area contributed by atoms with E-state index in [0.29, 0.717) is 0 Å². The molecule has 2 aliphatic rings. The number of fused-ring (bicyclic) bond motifs is 12. The van der Waals surface area contributed by atoms with Gasteiger partial charge in [0.25, 0.3) is 0 Å². The van der Waals surface area contributed by atoms with Crippen LogP contribution in [-0.2, 0) is 10.8 Å². The van der Waals surface area contributed by atoms with E-state index in [1.54, 1.807) is 0 Å². The molecule has 2 heteroatoms. The van der Waals surface area contributed by atoms with Gasteiger partial charge in [0.05, 0.1) is 22.2 Å². The minimum Gasteiger partial charge on any atom is -0.310 e. The number of hydrogen-bond acceptors (Lipinski definition) is 1. The lowest BCUT2D eigenvalue weighted by atomic mass is 9.79. The summed E-state index contributed by atoms with van der Waals surface area (Å²) in [7, 11) is 0. The monoisotopic (exact) mass is 716 g/mol. The molecule has 0 spiro atoms. The number of para-hydroxylation sites is 2. The van der Waals surface area contributed by atoms with Gasteiger partial charge in [-0.25, -0.2) is 0 Å². The smallest absolute Gasteiger partial charge is 0.0641 e. The first-order valence-electron chi connectivity index (χ1n) is 19.9. The van der Waals surface area contributed by atoms with E-state index in [-0.39, 0.29) is 10.8 Å². The molecule has 2 aromatic heterocycles. The van der Waals surface area contributed by atoms with Crippen LogP contribution in [0.15, 0.2) is 170 Å². The summed E-state index contributed by atoms with van der Waals surface area (Å²) in [5.74, 6) is 0. The Bertz CT molecular complexity index is 3250. The van der Waals surface area contributed by atoms with Crippen LogP contribution in [0.4, 0.5) is 17.1 Å². The largest absolute Gasteiger partial charge is 0.310 e. The van der Waals surface area contributed by atoms with E-state index in [0.717, 1.165) is 11.4 Å². The molecule has 0 saturated carbocycles. The number of anilines is 3. The zero-order valence-corrected chi connectivity index (χ0v) is 32.1. The van der Waals surface area contributed by atoms with Gasteiger partial charge in [-0.15, -0.1) is 0 Å². The van der Waals surface area contributed by atoms with Crippen LogP contribution in [0, 0.1) is 0 Å². The first-order chi connectivity index (χ1) is 27.3. The zero-order chi connectivity index (χ0) is 37.5. The summed E-state index contributed by atoms with van der Waals surface area (Å²) < 4.78 is 2.48. The fourth-order valence-electron chi connectivity index (χ4n) is 10.8. The summed E-state index contributed by atoms with van der Waals surface area (Å²) in [6, 6.07) is 63.7. The molecule has 0 aliphatic heterocycles. The summed E-state index contributed by atoms with van der Waals surface area (Å²) in [4.78, 5) is 2.51. The van der Waals surface area contributed by atoms with Crippen molar-refractivity contribution < 1.29 is 0 Å². The van der Waals surface area contributed by atoms with E-state index in [2.05, 4.69) is 207 Å². The highest BCUT2D eigenvalue weighted by Crippen LogP contribution is 2.54. The quantitative estimate of drug-likeness (QED) is 0.176. The highest BCUT2D eigenvalue weighted by Gasteiger charge is 2.38. The SMILES string of the molecule is CC1(C)c2ccccc2-c2cc(N(c3ccc(-c4cccc5c4C(C)(C)c4ccccc4-5)cc3)c3ccc4c5ccccc5n5c6ccccc6c3c45)ccc21. The zero-order valence-electron chi connectivity index (χ0n) is 32.1. The Labute approximate surface area is 327 Å². The average molecular weight is 717 g/mol. The van der Waals surface area contributed by atoms with Gasteiger partial charge < -0.3 is 9.30 Å². The number of rotatable bonds is 4. The van der Waals surface area contributed by atoms with E-state index >= 15 is 0 Å². The summed E-state index contributed by atoms with van der Waals surface area (Å²) in [5, 5.41) is 5.12. The van der Waals surface area contributed by atoms with Crippen molar-refractivity contribution in [2.45, 2.75) is 38.5 Å². The van der Waals surface area contributed by atoms with Gasteiger partial charge in [-0.05, 0) is 98.1 Å². The Morgan fingerprint density at radius 2 is 0.982 bits per heavy atom. The number of aromatic nitrogens is 1. The Morgan fingerprint density at radius 3 is 1.75 bits per heavy atom. The lowest BCUT2D eigenvalue weighted by molar-refractivity contribution is 0.660. The maximum absolute atomic E-state index is 2.51. The maximum Gasteiger partial charge on any atom is 0.0641 e. The molecule has 0 N–H and O–H groups in total. The van der Waals surface area contributed by atoms with Crippen molar-refractivity contribution >= 4 is 55.2 Å². The third-order valence-electron chi connectivity index (χ3n) is 13.3. The summed E-state index contributed by atoms with van der Waals surface area (Å²) in [5.41, 5.74) is 20.6. The van der Waals surface area contributed by atoms with Crippen molar-refractivity contribution in [3.8, 4) is 33.4 Å². The molecule has 0 atom stereocenters. The fourth-order valence-corrected chi connectivity index (χ4v) is 10.8. The van der Waals surface area contributed by atoms with Crippen LogP contribution < -0.4 is 4.90 Å². The minimum absolute atomic E-state index is 0.0623. The molecule has 0 bridgehead atoms. The second-order valence-corrected chi connectivity index (χ2v) is 16.9. The van der Waals surface area contributed by atoms with E-state index in [1.165, 1.54) is 99.4 Å². The lowest BCUT2D eigenvalue weighted by Crippen LogP contribution is -2.16. The molecule has 10 aromatic rings. The molecular weight excluding hydrogens is 677 g/mol. The first-order valence-corrected chi connectivity index (χ1v) is 19.9. The Hall–Kier alpha value is -6.64. The molecule has 0 radical (unpaired) electrons. The molecule has 56 heavy (non-hydrogen) atoms. The summed E-state index contributed by atoms with van der Waals surface area (Å²) in [6.07, 6.45) is 0. The molecule has 266 valence electrons. The molecule has 2 aliphatic carbocycles. The van der Waals surface area contributed by atoms with Crippen molar-refractivity contribution in [1.29, 1.82) is 0 Å². The molecule has 12 rings (SSSR count). The highest BCUT2D eigenvalue weighted by molar-refractivity contribution is 6.27. The lowest BCUT2D eigenvalue weighted by Gasteiger charge is -2.28. The third kappa shape index (κ3) is 4.01. The molecule has 8 aromatic carbocycles. The van der Waals surface area contributed by atoms with Gasteiger partial charge >= 0.3 is 0 Å². The molecule has 2 nitrogen and oxygen atoms in total. The standard InChI is InChI=1S/C54H40N2/c1-53(2)44-20-9-6-15-38(44)43-32-35(28-30-46(43)53)55(49-31-29-41-39-16-7-11-22-47(39)56-48-23-12-8-17-42(48)50(49)52(41)56)34-26-24-33(25-27-34)36-18-13-19-40-37-14-5-10-21-45(37)54(3,4)51(36)40/h5-32H,1-4H3. The second-order valence-electron chi connectivity index (χ2n) is 16.9. The number of nitrogens with zero attached hydrogens (tertiary/aromatic N) is 2. The van der Waals surface area contributed by atoms with Gasteiger partial charge in [-0.3, -0.25) is 0 Å². The van der Waals surface area contributed by atoms with Crippen LogP contribution in [0.3, 0.4) is 0 Å². The van der Waals surface area contributed by atoms with Crippen LogP contribution in [0.1, 0.15) is 49.9 Å². The van der Waals surface area contributed by atoms with Crippen molar-refractivity contribution in [3.63, 3.8) is 0 Å². The van der Waals surface area contributed by atoms with Gasteiger partial charge in [0.15, 0.2) is 0 Å². The van der Waals surface area contributed by atoms with Crippen LogP contribution in [0.5, 0.6) is 0 Å². The number of hydrogen-bond donors (Lipinski definition) is 0. The van der Waals surface area contributed by atoms with Crippen LogP contribution in [0.25, 0.3) is 71.5 Å². The van der Waals surface area contributed by atoms with Crippen LogP contribution in [-0.4, -0.2) is 4.40 Å². The number of benzene rings is 8. The molecule has 0 saturated heterocycles. The fraction of sp³-hybridized carbons (Fsp3) is 0.111. The van der Waals surface area contributed by atoms with Gasteiger partial charge in [0.1, 0.15) is 0 Å². The summed E-state index contributed by atoms with van der Waals surface area (Å²) in [6.45, 7) is 9.47. The molecule has 0 amide bonds. The van der Waals surface area contributed by atoms with Crippen molar-refractivity contribution in [3.05, 3.63) is 192 Å². The Kier molecular flexibility index (Phi) is 6.22. The summed E-state index contributed by atoms with van der Waals surface area (Å²) >= 11 is 0. The minimum atomic E-state index is -0.0902. The van der Waals surface area contributed by atoms with Crippen LogP contribution >= 0.6 is 0 Å². The highest BCUT2D eigenvalue weighted by atomic mass is 15.1. The van der Waals surface area contributed by atoms with E-state index in [1.807, 2.05) is 0 Å². The predicted molar refractivity (Wildman–Crippen MR) is 236 cm³/mol. The van der Waals surface area contributed by atoms with Crippen LogP contribution in [0.2, 0.25) is 0 Å². The van der Waals surface area contributed by atoms with E-state index in [9.17, 15) is 0 Å². The van der Waals surface area contributed by atoms with Crippen molar-refractivity contribution in [1.82, 2.24) is 4.40 Å². The first kappa shape index (κ1) is 31.7. The average Bonchev–Trinajstić information content (AvgIpc) is 3.90. The Balaban J connectivity index is 1.10.